The van der Waals surface area contributed by atoms with Crippen molar-refractivity contribution < 1.29 is 8.42 Å². The summed E-state index contributed by atoms with van der Waals surface area (Å²) in [4.78, 5) is 5.43. The zero-order valence-electron chi connectivity index (χ0n) is 11.5. The minimum Gasteiger partial charge on any atom is -0.261 e. The number of amidine groups is 1. The highest BCUT2D eigenvalue weighted by Crippen LogP contribution is 2.42. The molecule has 0 radical (unpaired) electrons. The average molecular weight is 331 g/mol. The number of aryl methyl sites for hydroxylation is 1. The molecule has 0 saturated carbocycles. The second kappa shape index (κ2) is 4.39. The topological polar surface area (TPSA) is 49.7 Å². The molecular weight excluding hydrogens is 316 g/mol. The Labute approximate surface area is 128 Å². The number of sulfonamides is 1. The first-order valence-electron chi connectivity index (χ1n) is 6.26. The second-order valence-corrected chi connectivity index (χ2v) is 9.17. The Hall–Kier alpha value is -0.720. The van der Waals surface area contributed by atoms with Crippen molar-refractivity contribution in [2.45, 2.75) is 30.6 Å². The van der Waals surface area contributed by atoms with Crippen molar-refractivity contribution in [3.05, 3.63) is 22.7 Å². The van der Waals surface area contributed by atoms with Crippen LogP contribution in [0, 0.1) is 12.3 Å². The average Bonchev–Trinajstić information content (AvgIpc) is 2.33. The molecule has 2 aliphatic rings. The van der Waals surface area contributed by atoms with Gasteiger partial charge in [0.2, 0.25) is 0 Å². The Morgan fingerprint density at radius 3 is 2.80 bits per heavy atom. The first-order valence-corrected chi connectivity index (χ1v) is 8.89. The number of benzene rings is 1. The van der Waals surface area contributed by atoms with Crippen molar-refractivity contribution >= 4 is 38.6 Å². The van der Waals surface area contributed by atoms with Crippen molar-refractivity contribution in [2.75, 3.05) is 13.1 Å². The largest absolute Gasteiger partial charge is 0.267 e. The molecule has 2 heterocycles. The van der Waals surface area contributed by atoms with Crippen LogP contribution in [0.4, 0.5) is 0 Å². The number of hydrogen-bond donors (Lipinski definition) is 0. The molecule has 0 atom stereocenters. The van der Waals surface area contributed by atoms with Crippen molar-refractivity contribution in [3.8, 4) is 0 Å². The SMILES string of the molecule is Cc1cc2c(cc1Cl)SC1=NCC(C)(C)CN1S2(=O)=O. The summed E-state index contributed by atoms with van der Waals surface area (Å²) in [6.07, 6.45) is 0. The van der Waals surface area contributed by atoms with Gasteiger partial charge < -0.3 is 0 Å². The summed E-state index contributed by atoms with van der Waals surface area (Å²) in [6, 6.07) is 3.37. The number of fused-ring (bicyclic) bond motifs is 2. The Bertz CT molecular complexity index is 726. The lowest BCUT2D eigenvalue weighted by atomic mass is 9.93. The van der Waals surface area contributed by atoms with E-state index in [0.29, 0.717) is 33.1 Å². The first-order chi connectivity index (χ1) is 9.21. The molecule has 1 aromatic carbocycles. The van der Waals surface area contributed by atoms with E-state index in [0.717, 1.165) is 5.56 Å². The van der Waals surface area contributed by atoms with Gasteiger partial charge in [0.1, 0.15) is 4.90 Å². The van der Waals surface area contributed by atoms with Gasteiger partial charge in [-0.25, -0.2) is 12.7 Å². The van der Waals surface area contributed by atoms with Gasteiger partial charge in [-0.3, -0.25) is 4.99 Å². The molecular formula is C13H15ClN2O2S2. The van der Waals surface area contributed by atoms with Crippen molar-refractivity contribution in [3.63, 3.8) is 0 Å². The van der Waals surface area contributed by atoms with Gasteiger partial charge in [0.15, 0.2) is 5.17 Å². The highest BCUT2D eigenvalue weighted by atomic mass is 35.5. The van der Waals surface area contributed by atoms with Crippen LogP contribution in [0.15, 0.2) is 26.9 Å². The second-order valence-electron chi connectivity index (χ2n) is 5.92. The maximum Gasteiger partial charge on any atom is 0.267 e. The highest BCUT2D eigenvalue weighted by molar-refractivity contribution is 8.16. The molecule has 4 nitrogen and oxygen atoms in total. The van der Waals surface area contributed by atoms with E-state index in [-0.39, 0.29) is 5.41 Å². The summed E-state index contributed by atoms with van der Waals surface area (Å²) in [5.41, 5.74) is 0.627. The molecule has 7 heteroatoms. The van der Waals surface area contributed by atoms with Crippen molar-refractivity contribution in [1.82, 2.24) is 4.31 Å². The maximum atomic E-state index is 12.8. The van der Waals surface area contributed by atoms with E-state index in [4.69, 9.17) is 11.6 Å². The molecule has 0 saturated heterocycles. The fourth-order valence-electron chi connectivity index (χ4n) is 2.27. The lowest BCUT2D eigenvalue weighted by molar-refractivity contribution is 0.304. The normalized spacial score (nSPS) is 22.8. The van der Waals surface area contributed by atoms with Crippen LogP contribution in [0.25, 0.3) is 0 Å². The predicted octanol–water partition coefficient (Wildman–Crippen LogP) is 3.14. The molecule has 0 spiro atoms. The fourth-order valence-corrected chi connectivity index (χ4v) is 5.84. The molecule has 0 bridgehead atoms. The summed E-state index contributed by atoms with van der Waals surface area (Å²) in [6.45, 7) is 6.96. The lowest BCUT2D eigenvalue weighted by Gasteiger charge is -2.39. The summed E-state index contributed by atoms with van der Waals surface area (Å²) < 4.78 is 27.0. The minimum absolute atomic E-state index is 0.143. The van der Waals surface area contributed by atoms with Gasteiger partial charge in [0.25, 0.3) is 10.0 Å². The summed E-state index contributed by atoms with van der Waals surface area (Å²) in [7, 11) is -3.53. The zero-order valence-corrected chi connectivity index (χ0v) is 13.9. The van der Waals surface area contributed by atoms with E-state index in [1.165, 1.54) is 16.1 Å². The number of nitrogens with zero attached hydrogens (tertiary/aromatic N) is 2. The fraction of sp³-hybridized carbons (Fsp3) is 0.462. The van der Waals surface area contributed by atoms with E-state index >= 15 is 0 Å². The first kappa shape index (κ1) is 14.2. The number of halogens is 1. The van der Waals surface area contributed by atoms with Gasteiger partial charge in [-0.05, 0) is 36.4 Å². The van der Waals surface area contributed by atoms with Gasteiger partial charge in [-0.2, -0.15) is 0 Å². The van der Waals surface area contributed by atoms with Crippen LogP contribution < -0.4 is 0 Å². The number of thioether (sulfide) groups is 1. The van der Waals surface area contributed by atoms with Crippen LogP contribution in [-0.4, -0.2) is 31.0 Å². The van der Waals surface area contributed by atoms with Crippen LogP contribution in [0.2, 0.25) is 5.02 Å². The molecule has 0 fully saturated rings. The van der Waals surface area contributed by atoms with Gasteiger partial charge >= 0.3 is 0 Å². The molecule has 0 aliphatic carbocycles. The van der Waals surface area contributed by atoms with E-state index in [1.807, 2.05) is 20.8 Å². The number of hydrogen-bond acceptors (Lipinski definition) is 4. The van der Waals surface area contributed by atoms with Crippen LogP contribution in [-0.2, 0) is 10.0 Å². The quantitative estimate of drug-likeness (QED) is 0.734. The van der Waals surface area contributed by atoms with Gasteiger partial charge in [0.05, 0.1) is 0 Å². The summed E-state index contributed by atoms with van der Waals surface area (Å²) in [5, 5.41) is 1.13. The highest BCUT2D eigenvalue weighted by Gasteiger charge is 2.41. The van der Waals surface area contributed by atoms with Crippen LogP contribution in [0.3, 0.4) is 0 Å². The van der Waals surface area contributed by atoms with Crippen LogP contribution in [0.5, 0.6) is 0 Å². The standard InChI is InChI=1S/C13H15ClN2O2S2/c1-8-4-11-10(5-9(8)14)19-12-15-6-13(2,3)7-16(12)20(11,17)18/h4-5H,6-7H2,1-3H3. The predicted molar refractivity (Wildman–Crippen MR) is 82.0 cm³/mol. The Morgan fingerprint density at radius 2 is 2.10 bits per heavy atom. The van der Waals surface area contributed by atoms with E-state index in [1.54, 1.807) is 12.1 Å². The van der Waals surface area contributed by atoms with Gasteiger partial charge in [-0.1, -0.05) is 25.4 Å². The van der Waals surface area contributed by atoms with E-state index < -0.39 is 10.0 Å². The molecule has 20 heavy (non-hydrogen) atoms. The van der Waals surface area contributed by atoms with E-state index in [2.05, 4.69) is 4.99 Å². The summed E-state index contributed by atoms with van der Waals surface area (Å²) in [5.74, 6) is 0. The molecule has 0 unspecified atom stereocenters. The minimum atomic E-state index is -3.53. The molecule has 3 rings (SSSR count). The number of rotatable bonds is 0. The van der Waals surface area contributed by atoms with Crippen LogP contribution in [0.1, 0.15) is 19.4 Å². The lowest BCUT2D eigenvalue weighted by Crippen LogP contribution is -2.48. The summed E-state index contributed by atoms with van der Waals surface area (Å²) >= 11 is 7.48. The van der Waals surface area contributed by atoms with Crippen molar-refractivity contribution in [2.24, 2.45) is 10.4 Å². The molecule has 0 amide bonds. The zero-order chi connectivity index (χ0) is 14.7. The van der Waals surface area contributed by atoms with Gasteiger partial charge in [0, 0.05) is 28.4 Å². The Kier molecular flexibility index (Phi) is 3.12. The van der Waals surface area contributed by atoms with Crippen LogP contribution >= 0.6 is 23.4 Å². The van der Waals surface area contributed by atoms with Crippen molar-refractivity contribution in [1.29, 1.82) is 0 Å². The smallest absolute Gasteiger partial charge is 0.261 e. The molecule has 2 aliphatic heterocycles. The number of aliphatic imine (C=N–C) groups is 1. The maximum absolute atomic E-state index is 12.8. The van der Waals surface area contributed by atoms with Gasteiger partial charge in [-0.15, -0.1) is 0 Å². The third kappa shape index (κ3) is 2.14. The molecule has 1 aromatic rings. The Morgan fingerprint density at radius 1 is 1.40 bits per heavy atom. The molecule has 0 aromatic heterocycles. The third-order valence-electron chi connectivity index (χ3n) is 3.42. The monoisotopic (exact) mass is 330 g/mol. The third-order valence-corrected chi connectivity index (χ3v) is 6.94. The molecule has 0 N–H and O–H groups in total. The Balaban J connectivity index is 2.20. The molecule has 108 valence electrons. The van der Waals surface area contributed by atoms with E-state index in [9.17, 15) is 8.42 Å².